The summed E-state index contributed by atoms with van der Waals surface area (Å²) in [6.07, 6.45) is 7.93. The molecule has 1 unspecified atom stereocenters. The monoisotopic (exact) mass is 971 g/mol. The largest absolute Gasteiger partial charge is 0.508 e. The summed E-state index contributed by atoms with van der Waals surface area (Å²) in [6, 6.07) is 12.0. The van der Waals surface area contributed by atoms with Crippen LogP contribution in [-0.2, 0) is 40.4 Å². The molecule has 0 bridgehead atoms. The Bertz CT molecular complexity index is 2720. The van der Waals surface area contributed by atoms with Gasteiger partial charge < -0.3 is 40.1 Å². The molecule has 5 aromatic rings. The summed E-state index contributed by atoms with van der Waals surface area (Å²) in [5, 5.41) is 20.8. The third-order valence-electron chi connectivity index (χ3n) is 15.7. The first-order valence-corrected chi connectivity index (χ1v) is 26.0. The first-order valence-electron chi connectivity index (χ1n) is 25.2. The topological polar surface area (TPSA) is 190 Å². The minimum Gasteiger partial charge on any atom is -0.508 e. The van der Waals surface area contributed by atoms with Gasteiger partial charge >= 0.3 is 0 Å². The number of morpholine rings is 1. The van der Waals surface area contributed by atoms with Gasteiger partial charge in [0.25, 0.3) is 5.91 Å². The number of thiophene rings is 1. The predicted octanol–water partition coefficient (Wildman–Crippen LogP) is 5.44. The zero-order chi connectivity index (χ0) is 48.1. The number of carbonyl (C=O) groups is 2. The lowest BCUT2D eigenvalue weighted by Gasteiger charge is -2.42. The van der Waals surface area contributed by atoms with Crippen molar-refractivity contribution in [3.8, 4) is 22.9 Å². The number of aromatic nitrogens is 4. The third kappa shape index (κ3) is 9.65. The van der Waals surface area contributed by atoms with Crippen molar-refractivity contribution in [3.05, 3.63) is 81.5 Å². The first-order chi connectivity index (χ1) is 33.9. The number of nitrogens with zero attached hydrogens (tertiary/aromatic N) is 10. The molecule has 6 aliphatic heterocycles. The van der Waals surface area contributed by atoms with Crippen LogP contribution >= 0.6 is 11.3 Å². The highest BCUT2D eigenvalue weighted by Crippen LogP contribution is 2.40. The molecular formula is C52H65N11O6S. The van der Waals surface area contributed by atoms with E-state index in [0.717, 1.165) is 150 Å². The molecule has 3 aromatic heterocycles. The SMILES string of the molecule is CC(C)c1cc(C(=O)N2Cc3ccc(CN4CCC(C(=O)N5CCC6(CC5)CC(N5CCN(Cc7cc8nc(-c9cnc(N)nc9)nc(N9CCOCC9)c8s7)CC5)CO6)CC4)cc3C2)c(O)cc1O. The summed E-state index contributed by atoms with van der Waals surface area (Å²) in [6.45, 7) is 17.5. The minimum atomic E-state index is -0.239. The summed E-state index contributed by atoms with van der Waals surface area (Å²) in [5.74, 6) is 1.71. The molecule has 0 radical (unpaired) electrons. The molecule has 0 saturated carbocycles. The van der Waals surface area contributed by atoms with Crippen molar-refractivity contribution in [1.29, 1.82) is 0 Å². The van der Waals surface area contributed by atoms with Gasteiger partial charge in [0.2, 0.25) is 11.9 Å². The van der Waals surface area contributed by atoms with Crippen molar-refractivity contribution in [3.63, 3.8) is 0 Å². The van der Waals surface area contributed by atoms with E-state index in [9.17, 15) is 19.8 Å². The average Bonchev–Trinajstić information content (AvgIpc) is 4.11. The van der Waals surface area contributed by atoms with Gasteiger partial charge in [-0.2, -0.15) is 0 Å². The van der Waals surface area contributed by atoms with E-state index in [2.05, 4.69) is 58.7 Å². The number of piperazine rings is 1. The summed E-state index contributed by atoms with van der Waals surface area (Å²) in [7, 11) is 0. The van der Waals surface area contributed by atoms with Crippen molar-refractivity contribution in [2.75, 3.05) is 95.9 Å². The molecule has 2 aromatic carbocycles. The number of anilines is 2. The van der Waals surface area contributed by atoms with Gasteiger partial charge in [-0.05, 0) is 85.5 Å². The zero-order valence-electron chi connectivity index (χ0n) is 40.4. The number of likely N-dealkylation sites (tertiary alicyclic amines) is 2. The fourth-order valence-corrected chi connectivity index (χ4v) is 12.8. The average molecular weight is 972 g/mol. The second-order valence-corrected chi connectivity index (χ2v) is 21.8. The van der Waals surface area contributed by atoms with E-state index in [1.54, 1.807) is 34.7 Å². The highest BCUT2D eigenvalue weighted by atomic mass is 32.1. The Morgan fingerprint density at radius 2 is 1.56 bits per heavy atom. The van der Waals surface area contributed by atoms with Crippen LogP contribution in [-0.4, -0.2) is 163 Å². The van der Waals surface area contributed by atoms with Gasteiger partial charge in [0.1, 0.15) is 11.5 Å². The van der Waals surface area contributed by atoms with Gasteiger partial charge in [0, 0.05) is 114 Å². The fourth-order valence-electron chi connectivity index (χ4n) is 11.6. The highest BCUT2D eigenvalue weighted by molar-refractivity contribution is 7.19. The number of aromatic hydroxyl groups is 2. The van der Waals surface area contributed by atoms with Gasteiger partial charge in [0.05, 0.1) is 46.8 Å². The van der Waals surface area contributed by atoms with Gasteiger partial charge in [-0.25, -0.2) is 19.9 Å². The molecule has 1 atom stereocenters. The van der Waals surface area contributed by atoms with E-state index in [1.165, 1.54) is 16.5 Å². The Hall–Kier alpha value is -5.50. The molecule has 5 saturated heterocycles. The number of phenolic OH excluding ortho intramolecular Hbond substituents is 2. The first kappa shape index (κ1) is 46.9. The summed E-state index contributed by atoms with van der Waals surface area (Å²) in [4.78, 5) is 60.9. The van der Waals surface area contributed by atoms with Crippen molar-refractivity contribution in [2.24, 2.45) is 5.92 Å². The molecule has 6 aliphatic rings. The number of fused-ring (bicyclic) bond motifs is 2. The third-order valence-corrected chi connectivity index (χ3v) is 16.8. The maximum Gasteiger partial charge on any atom is 0.258 e. The molecule has 17 nitrogen and oxygen atoms in total. The Morgan fingerprint density at radius 1 is 0.829 bits per heavy atom. The number of benzene rings is 2. The number of hydrogen-bond donors (Lipinski definition) is 3. The van der Waals surface area contributed by atoms with E-state index in [4.69, 9.17) is 25.2 Å². The van der Waals surface area contributed by atoms with E-state index < -0.39 is 0 Å². The van der Waals surface area contributed by atoms with Gasteiger partial charge in [-0.15, -0.1) is 11.3 Å². The molecule has 11 rings (SSSR count). The van der Waals surface area contributed by atoms with Crippen LogP contribution in [0, 0.1) is 5.92 Å². The molecular weight excluding hydrogens is 907 g/mol. The van der Waals surface area contributed by atoms with Gasteiger partial charge in [0.15, 0.2) is 11.6 Å². The second kappa shape index (κ2) is 19.6. The number of phenols is 2. The zero-order valence-corrected chi connectivity index (χ0v) is 41.2. The number of ether oxygens (including phenoxy) is 2. The number of amides is 2. The van der Waals surface area contributed by atoms with Crippen LogP contribution in [0.3, 0.4) is 0 Å². The number of nitrogens with two attached hydrogens (primary N) is 1. The molecule has 2 amide bonds. The molecule has 1 spiro atoms. The smallest absolute Gasteiger partial charge is 0.258 e. The maximum absolute atomic E-state index is 13.9. The molecule has 4 N–H and O–H groups in total. The Kier molecular flexibility index (Phi) is 13.1. The van der Waals surface area contributed by atoms with Crippen LogP contribution in [0.1, 0.15) is 89.4 Å². The highest BCUT2D eigenvalue weighted by Gasteiger charge is 2.46. The molecule has 370 valence electrons. The molecule has 0 aliphatic carbocycles. The van der Waals surface area contributed by atoms with E-state index in [1.807, 2.05) is 13.8 Å². The summed E-state index contributed by atoms with van der Waals surface area (Å²) < 4.78 is 13.4. The molecule has 18 heteroatoms. The Balaban J connectivity index is 0.626. The fraction of sp³-hybridized carbons (Fsp3) is 0.538. The second-order valence-electron chi connectivity index (χ2n) is 20.6. The van der Waals surface area contributed by atoms with Crippen LogP contribution in [0.25, 0.3) is 21.6 Å². The number of piperidine rings is 2. The Labute approximate surface area is 413 Å². The summed E-state index contributed by atoms with van der Waals surface area (Å²) >= 11 is 1.79. The van der Waals surface area contributed by atoms with Crippen LogP contribution in [0.5, 0.6) is 11.5 Å². The number of hydrogen-bond acceptors (Lipinski definition) is 16. The lowest BCUT2D eigenvalue weighted by Crippen LogP contribution is -2.51. The lowest BCUT2D eigenvalue weighted by atomic mass is 9.86. The number of rotatable bonds is 10. The van der Waals surface area contributed by atoms with Crippen molar-refractivity contribution in [2.45, 2.75) is 89.7 Å². The number of carbonyl (C=O) groups excluding carboxylic acids is 2. The van der Waals surface area contributed by atoms with Crippen molar-refractivity contribution < 1.29 is 29.3 Å². The normalized spacial score (nSPS) is 21.6. The minimum absolute atomic E-state index is 0.00144. The quantitative estimate of drug-likeness (QED) is 0.160. The predicted molar refractivity (Wildman–Crippen MR) is 268 cm³/mol. The Morgan fingerprint density at radius 3 is 2.30 bits per heavy atom. The van der Waals surface area contributed by atoms with E-state index in [0.29, 0.717) is 49.6 Å². The van der Waals surface area contributed by atoms with E-state index in [-0.39, 0.29) is 46.4 Å². The van der Waals surface area contributed by atoms with Crippen LogP contribution in [0.2, 0.25) is 0 Å². The molecule has 70 heavy (non-hydrogen) atoms. The van der Waals surface area contributed by atoms with Crippen LogP contribution in [0.4, 0.5) is 11.8 Å². The van der Waals surface area contributed by atoms with Crippen LogP contribution < -0.4 is 10.6 Å². The summed E-state index contributed by atoms with van der Waals surface area (Å²) in [5.41, 5.74) is 11.6. The lowest BCUT2D eigenvalue weighted by molar-refractivity contribution is -0.141. The standard InChI is InChI=1S/C52H65N11O6S/c1-33(2)41-23-42(45(65)24-44(41)64)50(67)63-29-36-4-3-34(21-37(36)30-63)28-58-9-5-35(6-10-58)49(66)62-11-7-52(8-12-62)25-39(32-69-52)60-15-13-59(14-16-60)31-40-22-43-46(70-40)48(61-17-19-68-20-18-61)57-47(56-43)38-26-54-51(53)55-27-38/h3-4,21-24,26-27,33,35,39,64-65H,5-20,25,28-32H2,1-2H3,(H2,53,54,55). The molecule has 5 fully saturated rings. The molecule has 9 heterocycles. The van der Waals surface area contributed by atoms with Crippen molar-refractivity contribution in [1.82, 2.24) is 44.4 Å². The number of nitrogen functional groups attached to an aromatic ring is 1. The van der Waals surface area contributed by atoms with E-state index >= 15 is 0 Å². The van der Waals surface area contributed by atoms with Crippen molar-refractivity contribution >= 4 is 45.1 Å². The van der Waals surface area contributed by atoms with Gasteiger partial charge in [-0.3, -0.25) is 24.3 Å². The van der Waals surface area contributed by atoms with Crippen LogP contribution in [0.15, 0.2) is 48.8 Å². The van der Waals surface area contributed by atoms with Gasteiger partial charge in [-0.1, -0.05) is 32.0 Å². The maximum atomic E-state index is 13.9.